The Morgan fingerprint density at radius 2 is 1.86 bits per heavy atom. The average molecular weight is 369 g/mol. The van der Waals surface area contributed by atoms with Crippen LogP contribution in [0.5, 0.6) is 0 Å². The van der Waals surface area contributed by atoms with E-state index in [4.69, 9.17) is 9.40 Å². The molecule has 6 nitrogen and oxygen atoms in total. The Kier molecular flexibility index (Phi) is 3.83. The normalized spacial score (nSPS) is 11.4. The van der Waals surface area contributed by atoms with Crippen molar-refractivity contribution in [1.82, 2.24) is 19.6 Å². The number of hydrogen-bond donors (Lipinski definition) is 0. The smallest absolute Gasteiger partial charge is 0.213 e. The van der Waals surface area contributed by atoms with Gasteiger partial charge < -0.3 is 9.32 Å². The summed E-state index contributed by atoms with van der Waals surface area (Å²) in [5, 5.41) is 9.87. The van der Waals surface area contributed by atoms with Crippen LogP contribution in [0.25, 0.3) is 28.1 Å². The summed E-state index contributed by atoms with van der Waals surface area (Å²) in [6, 6.07) is 20.3. The van der Waals surface area contributed by atoms with E-state index >= 15 is 0 Å². The molecule has 0 bridgehead atoms. The molecule has 0 aliphatic rings. The molecule has 0 atom stereocenters. The topological polar surface area (TPSA) is 59.5 Å². The lowest BCUT2D eigenvalue weighted by Crippen LogP contribution is -2.21. The minimum Gasteiger partial charge on any atom is -0.461 e. The Morgan fingerprint density at radius 1 is 1.00 bits per heavy atom. The van der Waals surface area contributed by atoms with E-state index in [2.05, 4.69) is 46.3 Å². The highest BCUT2D eigenvalue weighted by Gasteiger charge is 2.20. The molecule has 0 aliphatic carbocycles. The van der Waals surface area contributed by atoms with Gasteiger partial charge in [-0.1, -0.05) is 42.0 Å². The SMILES string of the molecule is Cc1ccc2nc(N(C)Cc3ccccc3)n3c(-c4ccco4)nnc3c2c1. The molecule has 2 aromatic carbocycles. The van der Waals surface area contributed by atoms with Crippen molar-refractivity contribution in [3.8, 4) is 11.6 Å². The van der Waals surface area contributed by atoms with E-state index in [1.165, 1.54) is 5.56 Å². The summed E-state index contributed by atoms with van der Waals surface area (Å²) in [7, 11) is 2.03. The molecule has 0 radical (unpaired) electrons. The van der Waals surface area contributed by atoms with Crippen LogP contribution in [0.1, 0.15) is 11.1 Å². The first kappa shape index (κ1) is 16.5. The number of rotatable bonds is 4. The third-order valence-electron chi connectivity index (χ3n) is 4.82. The molecule has 0 fully saturated rings. The fourth-order valence-corrected chi connectivity index (χ4v) is 3.48. The molecule has 0 saturated carbocycles. The number of nitrogens with zero attached hydrogens (tertiary/aromatic N) is 5. The van der Waals surface area contributed by atoms with Gasteiger partial charge in [0.1, 0.15) is 0 Å². The fraction of sp³-hybridized carbons (Fsp3) is 0.136. The lowest BCUT2D eigenvalue weighted by atomic mass is 10.1. The van der Waals surface area contributed by atoms with Gasteiger partial charge in [0, 0.05) is 19.0 Å². The van der Waals surface area contributed by atoms with Gasteiger partial charge in [0.2, 0.25) is 11.8 Å². The number of anilines is 1. The Bertz CT molecular complexity index is 1260. The predicted molar refractivity (Wildman–Crippen MR) is 109 cm³/mol. The average Bonchev–Trinajstić information content (AvgIpc) is 3.38. The predicted octanol–water partition coefficient (Wildman–Crippen LogP) is 4.48. The maximum Gasteiger partial charge on any atom is 0.213 e. The minimum atomic E-state index is 0.644. The maximum atomic E-state index is 5.61. The summed E-state index contributed by atoms with van der Waals surface area (Å²) >= 11 is 0. The van der Waals surface area contributed by atoms with Crippen molar-refractivity contribution < 1.29 is 4.42 Å². The van der Waals surface area contributed by atoms with E-state index in [-0.39, 0.29) is 0 Å². The molecule has 0 spiro atoms. The zero-order chi connectivity index (χ0) is 19.1. The molecule has 5 rings (SSSR count). The van der Waals surface area contributed by atoms with Crippen LogP contribution in [-0.4, -0.2) is 26.6 Å². The minimum absolute atomic E-state index is 0.644. The van der Waals surface area contributed by atoms with Gasteiger partial charge in [-0.2, -0.15) is 0 Å². The van der Waals surface area contributed by atoms with Crippen molar-refractivity contribution in [3.63, 3.8) is 0 Å². The van der Waals surface area contributed by atoms with Crippen molar-refractivity contribution in [2.24, 2.45) is 0 Å². The van der Waals surface area contributed by atoms with Crippen molar-refractivity contribution >= 4 is 22.5 Å². The number of aromatic nitrogens is 4. The molecule has 3 aromatic heterocycles. The highest BCUT2D eigenvalue weighted by molar-refractivity contribution is 5.93. The second-order valence-corrected chi connectivity index (χ2v) is 6.93. The lowest BCUT2D eigenvalue weighted by Gasteiger charge is -2.20. The number of fused-ring (bicyclic) bond motifs is 3. The van der Waals surface area contributed by atoms with Crippen molar-refractivity contribution in [2.75, 3.05) is 11.9 Å². The molecule has 0 unspecified atom stereocenters. The Balaban J connectivity index is 1.75. The largest absolute Gasteiger partial charge is 0.461 e. The highest BCUT2D eigenvalue weighted by Crippen LogP contribution is 2.29. The zero-order valence-corrected chi connectivity index (χ0v) is 15.7. The van der Waals surface area contributed by atoms with Crippen LogP contribution >= 0.6 is 0 Å². The van der Waals surface area contributed by atoms with Gasteiger partial charge in [-0.15, -0.1) is 10.2 Å². The summed E-state index contributed by atoms with van der Waals surface area (Å²) in [5.41, 5.74) is 4.03. The van der Waals surface area contributed by atoms with E-state index in [1.54, 1.807) is 6.26 Å². The van der Waals surface area contributed by atoms with Gasteiger partial charge in [-0.3, -0.25) is 0 Å². The first-order chi connectivity index (χ1) is 13.7. The maximum absolute atomic E-state index is 5.61. The summed E-state index contributed by atoms with van der Waals surface area (Å²) in [5.74, 6) is 2.08. The molecular weight excluding hydrogens is 350 g/mol. The summed E-state index contributed by atoms with van der Waals surface area (Å²) in [6.45, 7) is 2.78. The van der Waals surface area contributed by atoms with E-state index in [0.717, 1.165) is 34.6 Å². The third kappa shape index (κ3) is 2.70. The van der Waals surface area contributed by atoms with Crippen LogP contribution < -0.4 is 4.90 Å². The molecule has 0 amide bonds. The molecule has 138 valence electrons. The second-order valence-electron chi connectivity index (χ2n) is 6.93. The van der Waals surface area contributed by atoms with E-state index in [9.17, 15) is 0 Å². The number of aryl methyl sites for hydroxylation is 1. The van der Waals surface area contributed by atoms with Crippen LogP contribution in [-0.2, 0) is 6.54 Å². The fourth-order valence-electron chi connectivity index (χ4n) is 3.48. The van der Waals surface area contributed by atoms with E-state index in [0.29, 0.717) is 11.6 Å². The van der Waals surface area contributed by atoms with E-state index < -0.39 is 0 Å². The van der Waals surface area contributed by atoms with Crippen LogP contribution in [0.2, 0.25) is 0 Å². The lowest BCUT2D eigenvalue weighted by molar-refractivity contribution is 0.576. The van der Waals surface area contributed by atoms with Crippen molar-refractivity contribution in [3.05, 3.63) is 78.1 Å². The molecule has 0 aliphatic heterocycles. The second kappa shape index (κ2) is 6.49. The molecular formula is C22H19N5O. The number of furan rings is 1. The van der Waals surface area contributed by atoms with Gasteiger partial charge in [0.25, 0.3) is 0 Å². The Labute approximate surface area is 162 Å². The van der Waals surface area contributed by atoms with Crippen LogP contribution in [0, 0.1) is 6.92 Å². The zero-order valence-electron chi connectivity index (χ0n) is 15.7. The number of benzene rings is 2. The molecule has 6 heteroatoms. The first-order valence-electron chi connectivity index (χ1n) is 9.15. The molecule has 5 aromatic rings. The Morgan fingerprint density at radius 3 is 2.64 bits per heavy atom. The van der Waals surface area contributed by atoms with Gasteiger partial charge in [0.15, 0.2) is 11.4 Å². The Hall–Kier alpha value is -3.67. The summed E-state index contributed by atoms with van der Waals surface area (Å²) in [4.78, 5) is 7.06. The summed E-state index contributed by atoms with van der Waals surface area (Å²) < 4.78 is 7.58. The monoisotopic (exact) mass is 369 g/mol. The quantitative estimate of drug-likeness (QED) is 0.467. The summed E-state index contributed by atoms with van der Waals surface area (Å²) in [6.07, 6.45) is 1.64. The number of hydrogen-bond acceptors (Lipinski definition) is 5. The molecule has 0 N–H and O–H groups in total. The van der Waals surface area contributed by atoms with Crippen LogP contribution in [0.15, 0.2) is 71.3 Å². The van der Waals surface area contributed by atoms with Crippen LogP contribution in [0.4, 0.5) is 5.95 Å². The first-order valence-corrected chi connectivity index (χ1v) is 9.15. The van der Waals surface area contributed by atoms with Gasteiger partial charge in [-0.05, 0) is 36.8 Å². The third-order valence-corrected chi connectivity index (χ3v) is 4.82. The highest BCUT2D eigenvalue weighted by atomic mass is 16.3. The van der Waals surface area contributed by atoms with Gasteiger partial charge in [0.05, 0.1) is 11.8 Å². The van der Waals surface area contributed by atoms with Crippen molar-refractivity contribution in [1.29, 1.82) is 0 Å². The van der Waals surface area contributed by atoms with Gasteiger partial charge in [-0.25, -0.2) is 9.38 Å². The van der Waals surface area contributed by atoms with Crippen LogP contribution in [0.3, 0.4) is 0 Å². The standard InChI is InChI=1S/C22H19N5O/c1-15-10-11-18-17(13-15)20-24-25-21(19-9-6-12-28-19)27(20)22(23-18)26(2)14-16-7-4-3-5-8-16/h3-13H,14H2,1-2H3. The molecule has 3 heterocycles. The van der Waals surface area contributed by atoms with E-state index in [1.807, 2.05) is 47.8 Å². The van der Waals surface area contributed by atoms with Crippen molar-refractivity contribution in [2.45, 2.75) is 13.5 Å². The molecule has 0 saturated heterocycles. The van der Waals surface area contributed by atoms with Gasteiger partial charge >= 0.3 is 0 Å². The molecule has 28 heavy (non-hydrogen) atoms.